The van der Waals surface area contributed by atoms with Crippen LogP contribution in [0.4, 0.5) is 22.9 Å². The van der Waals surface area contributed by atoms with E-state index in [2.05, 4.69) is 38.3 Å². The van der Waals surface area contributed by atoms with Crippen molar-refractivity contribution in [3.8, 4) is 0 Å². The lowest BCUT2D eigenvalue weighted by Gasteiger charge is -2.36. The molecule has 24 heavy (non-hydrogen) atoms. The molecule has 0 bridgehead atoms. The molecule has 0 amide bonds. The third-order valence-electron chi connectivity index (χ3n) is 4.71. The molecule has 1 saturated heterocycles. The lowest BCUT2D eigenvalue weighted by atomic mass is 10.1. The first-order chi connectivity index (χ1) is 11.7. The van der Waals surface area contributed by atoms with Gasteiger partial charge >= 0.3 is 0 Å². The summed E-state index contributed by atoms with van der Waals surface area (Å²) in [5.41, 5.74) is 3.96. The van der Waals surface area contributed by atoms with Crippen LogP contribution in [0.2, 0.25) is 0 Å². The van der Waals surface area contributed by atoms with Gasteiger partial charge in [-0.15, -0.1) is 0 Å². The summed E-state index contributed by atoms with van der Waals surface area (Å²) in [6, 6.07) is 9.88. The molecule has 2 aliphatic rings. The fraction of sp³-hybridized carbons (Fsp3) is 0.353. The van der Waals surface area contributed by atoms with E-state index >= 15 is 0 Å². The zero-order valence-electron chi connectivity index (χ0n) is 13.3. The van der Waals surface area contributed by atoms with Gasteiger partial charge in [0, 0.05) is 50.2 Å². The van der Waals surface area contributed by atoms with Crippen LogP contribution < -0.4 is 15.1 Å². The monoisotopic (exact) mass is 325 g/mol. The zero-order chi connectivity index (χ0) is 16.5. The summed E-state index contributed by atoms with van der Waals surface area (Å²) in [5.74, 6) is 0.804. The van der Waals surface area contributed by atoms with Crippen LogP contribution in [0, 0.1) is 10.1 Å². The molecule has 2 aromatic rings. The van der Waals surface area contributed by atoms with Crippen molar-refractivity contribution in [2.24, 2.45) is 0 Å². The topological polar surface area (TPSA) is 74.5 Å². The molecule has 0 spiro atoms. The summed E-state index contributed by atoms with van der Waals surface area (Å²) in [7, 11) is 0. The molecule has 3 heterocycles. The number of nitro groups is 1. The van der Waals surface area contributed by atoms with Crippen LogP contribution in [-0.4, -0.2) is 42.6 Å². The van der Waals surface area contributed by atoms with E-state index in [1.807, 2.05) is 0 Å². The van der Waals surface area contributed by atoms with Crippen LogP contribution in [0.25, 0.3) is 0 Å². The van der Waals surface area contributed by atoms with Gasteiger partial charge in [0.25, 0.3) is 5.69 Å². The SMILES string of the molecule is O=[N+]([O-])c1ccc(N2CCN(c3ccc4c(c3)CCN4)CC2)nc1. The number of fused-ring (bicyclic) bond motifs is 1. The van der Waals surface area contributed by atoms with E-state index in [0.717, 1.165) is 45.0 Å². The van der Waals surface area contributed by atoms with E-state index < -0.39 is 4.92 Å². The molecule has 0 unspecified atom stereocenters. The predicted molar refractivity (Wildman–Crippen MR) is 94.0 cm³/mol. The Morgan fingerprint density at radius 2 is 1.88 bits per heavy atom. The number of nitrogens with zero attached hydrogens (tertiary/aromatic N) is 4. The normalized spacial score (nSPS) is 16.7. The van der Waals surface area contributed by atoms with Crippen LogP contribution >= 0.6 is 0 Å². The molecule has 0 saturated carbocycles. The van der Waals surface area contributed by atoms with Gasteiger partial charge < -0.3 is 15.1 Å². The maximum absolute atomic E-state index is 10.7. The molecule has 124 valence electrons. The highest BCUT2D eigenvalue weighted by atomic mass is 16.6. The third kappa shape index (κ3) is 2.73. The number of hydrogen-bond donors (Lipinski definition) is 1. The Kier molecular flexibility index (Phi) is 3.68. The van der Waals surface area contributed by atoms with E-state index in [4.69, 9.17) is 0 Å². The average molecular weight is 325 g/mol. The van der Waals surface area contributed by atoms with Gasteiger partial charge in [0.2, 0.25) is 0 Å². The number of anilines is 3. The maximum atomic E-state index is 10.7. The van der Waals surface area contributed by atoms with E-state index in [9.17, 15) is 10.1 Å². The number of nitrogens with one attached hydrogen (secondary N) is 1. The van der Waals surface area contributed by atoms with E-state index in [1.54, 1.807) is 6.07 Å². The molecule has 0 atom stereocenters. The van der Waals surface area contributed by atoms with Crippen LogP contribution in [0.1, 0.15) is 5.56 Å². The molecular formula is C17H19N5O2. The fourth-order valence-electron chi connectivity index (χ4n) is 3.36. The summed E-state index contributed by atoms with van der Waals surface area (Å²) < 4.78 is 0. The Hall–Kier alpha value is -2.83. The zero-order valence-corrected chi connectivity index (χ0v) is 13.3. The molecule has 1 aromatic heterocycles. The lowest BCUT2D eigenvalue weighted by Crippen LogP contribution is -2.46. The first kappa shape index (κ1) is 14.7. The highest BCUT2D eigenvalue weighted by molar-refractivity contribution is 5.63. The number of benzene rings is 1. The minimum absolute atomic E-state index is 0.0316. The van der Waals surface area contributed by atoms with Crippen molar-refractivity contribution in [2.75, 3.05) is 47.8 Å². The summed E-state index contributed by atoms with van der Waals surface area (Å²) in [6.07, 6.45) is 2.42. The maximum Gasteiger partial charge on any atom is 0.287 e. The Bertz CT molecular complexity index is 754. The van der Waals surface area contributed by atoms with Gasteiger partial charge in [-0.3, -0.25) is 10.1 Å². The Labute approximate surface area is 140 Å². The number of pyridine rings is 1. The largest absolute Gasteiger partial charge is 0.384 e. The Balaban J connectivity index is 1.42. The molecular weight excluding hydrogens is 306 g/mol. The molecule has 1 fully saturated rings. The van der Waals surface area contributed by atoms with Crippen molar-refractivity contribution >= 4 is 22.9 Å². The average Bonchev–Trinajstić information content (AvgIpc) is 3.09. The summed E-state index contributed by atoms with van der Waals surface area (Å²) in [6.45, 7) is 4.59. The van der Waals surface area contributed by atoms with Gasteiger partial charge in [0.15, 0.2) is 0 Å². The van der Waals surface area contributed by atoms with Crippen molar-refractivity contribution in [1.82, 2.24) is 4.98 Å². The van der Waals surface area contributed by atoms with Gasteiger partial charge in [-0.05, 0) is 36.2 Å². The first-order valence-corrected chi connectivity index (χ1v) is 8.18. The summed E-state index contributed by atoms with van der Waals surface area (Å²) >= 11 is 0. The van der Waals surface area contributed by atoms with Crippen LogP contribution in [0.3, 0.4) is 0 Å². The van der Waals surface area contributed by atoms with Crippen LogP contribution in [-0.2, 0) is 6.42 Å². The third-order valence-corrected chi connectivity index (χ3v) is 4.71. The molecule has 0 radical (unpaired) electrons. The highest BCUT2D eigenvalue weighted by Gasteiger charge is 2.20. The smallest absolute Gasteiger partial charge is 0.287 e. The number of hydrogen-bond acceptors (Lipinski definition) is 6. The second kappa shape index (κ2) is 5.99. The summed E-state index contributed by atoms with van der Waals surface area (Å²) in [5, 5.41) is 14.1. The van der Waals surface area contributed by atoms with Gasteiger partial charge in [0.05, 0.1) is 4.92 Å². The van der Waals surface area contributed by atoms with Crippen molar-refractivity contribution in [2.45, 2.75) is 6.42 Å². The lowest BCUT2D eigenvalue weighted by molar-refractivity contribution is -0.385. The molecule has 1 N–H and O–H groups in total. The minimum Gasteiger partial charge on any atom is -0.384 e. The van der Waals surface area contributed by atoms with Crippen molar-refractivity contribution in [1.29, 1.82) is 0 Å². The Morgan fingerprint density at radius 3 is 2.58 bits per heavy atom. The fourth-order valence-corrected chi connectivity index (χ4v) is 3.36. The van der Waals surface area contributed by atoms with E-state index in [0.29, 0.717) is 0 Å². The van der Waals surface area contributed by atoms with Crippen LogP contribution in [0.15, 0.2) is 36.5 Å². The van der Waals surface area contributed by atoms with Crippen molar-refractivity contribution in [3.05, 3.63) is 52.2 Å². The molecule has 7 nitrogen and oxygen atoms in total. The minimum atomic E-state index is -0.419. The second-order valence-electron chi connectivity index (χ2n) is 6.12. The Morgan fingerprint density at radius 1 is 1.08 bits per heavy atom. The van der Waals surface area contributed by atoms with Gasteiger partial charge in [-0.1, -0.05) is 0 Å². The molecule has 0 aliphatic carbocycles. The summed E-state index contributed by atoms with van der Waals surface area (Å²) in [4.78, 5) is 19.1. The van der Waals surface area contributed by atoms with E-state index in [-0.39, 0.29) is 5.69 Å². The second-order valence-corrected chi connectivity index (χ2v) is 6.12. The quantitative estimate of drug-likeness (QED) is 0.689. The number of aromatic nitrogens is 1. The number of piperazine rings is 1. The predicted octanol–water partition coefficient (Wildman–Crippen LogP) is 2.28. The van der Waals surface area contributed by atoms with Crippen LogP contribution in [0.5, 0.6) is 0 Å². The van der Waals surface area contributed by atoms with Gasteiger partial charge in [0.1, 0.15) is 12.0 Å². The molecule has 7 heteroatoms. The van der Waals surface area contributed by atoms with Gasteiger partial charge in [-0.2, -0.15) is 0 Å². The standard InChI is InChI=1S/C17H19N5O2/c23-22(24)15-2-4-17(19-12-15)21-9-7-20(8-10-21)14-1-3-16-13(11-14)5-6-18-16/h1-4,11-12,18H,5-10H2. The highest BCUT2D eigenvalue weighted by Crippen LogP contribution is 2.28. The van der Waals surface area contributed by atoms with Crippen molar-refractivity contribution < 1.29 is 4.92 Å². The van der Waals surface area contributed by atoms with Gasteiger partial charge in [-0.25, -0.2) is 4.98 Å². The molecule has 1 aromatic carbocycles. The molecule has 4 rings (SSSR count). The van der Waals surface area contributed by atoms with Crippen molar-refractivity contribution in [3.63, 3.8) is 0 Å². The van der Waals surface area contributed by atoms with E-state index in [1.165, 1.54) is 29.2 Å². The number of rotatable bonds is 3. The first-order valence-electron chi connectivity index (χ1n) is 8.18. The molecule has 2 aliphatic heterocycles.